The summed E-state index contributed by atoms with van der Waals surface area (Å²) < 4.78 is 29.9. The molecule has 0 radical (unpaired) electrons. The van der Waals surface area contributed by atoms with E-state index in [1.807, 2.05) is 0 Å². The zero-order valence-electron chi connectivity index (χ0n) is 20.3. The van der Waals surface area contributed by atoms with E-state index in [9.17, 15) is 19.2 Å². The molecule has 0 saturated heterocycles. The Bertz CT molecular complexity index is 1060. The molecule has 0 bridgehead atoms. The third kappa shape index (κ3) is 8.27. The molecule has 0 amide bonds. The maximum absolute atomic E-state index is 12.5. The van der Waals surface area contributed by atoms with Crippen LogP contribution in [0, 0.1) is 0 Å². The lowest BCUT2D eigenvalue weighted by Crippen LogP contribution is -2.51. The average molecular weight is 504 g/mol. The van der Waals surface area contributed by atoms with Gasteiger partial charge in [0.05, 0.1) is 32.5 Å². The van der Waals surface area contributed by atoms with E-state index in [1.165, 1.54) is 25.3 Å². The molecule has 11 nitrogen and oxygen atoms in total. The van der Waals surface area contributed by atoms with Crippen LogP contribution >= 0.6 is 0 Å². The minimum atomic E-state index is -1.59. The molecule has 0 saturated carbocycles. The van der Waals surface area contributed by atoms with Crippen LogP contribution in [0.5, 0.6) is 11.5 Å². The summed E-state index contributed by atoms with van der Waals surface area (Å²) in [5.74, 6) is -1.56. The number of nitrogens with two attached hydrogens (primary N) is 1. The summed E-state index contributed by atoms with van der Waals surface area (Å²) in [7, 11) is 1.19. The number of methoxy groups -OCH3 is 1. The van der Waals surface area contributed by atoms with Crippen molar-refractivity contribution in [2.24, 2.45) is 5.73 Å². The number of ether oxygens (including phenoxy) is 6. The van der Waals surface area contributed by atoms with Gasteiger partial charge in [-0.05, 0) is 43.7 Å². The van der Waals surface area contributed by atoms with Gasteiger partial charge < -0.3 is 34.2 Å². The molecular weight excluding hydrogens is 474 g/mol. The summed E-state index contributed by atoms with van der Waals surface area (Å²) >= 11 is 0. The van der Waals surface area contributed by atoms with Gasteiger partial charge in [0.2, 0.25) is 0 Å². The van der Waals surface area contributed by atoms with E-state index in [-0.39, 0.29) is 44.2 Å². The lowest BCUT2D eigenvalue weighted by atomic mass is 9.88. The minimum absolute atomic E-state index is 0.0581. The topological polar surface area (TPSA) is 150 Å². The standard InChI is InChI=1S/C25H29NO10/c1-4-32-23(29)35-19-12-11-17(15-20(19)36-24(30)33-5-2)16-25(26,22(28)31-3)13-14-34-21(27)18-9-7-6-8-10-18/h6-12,15H,4-5,13-14,16,26H2,1-3H3/t25-/m1/s1. The Balaban J connectivity index is 2.21. The molecule has 0 aliphatic carbocycles. The molecule has 11 heteroatoms. The van der Waals surface area contributed by atoms with Crippen molar-refractivity contribution in [1.29, 1.82) is 0 Å². The molecule has 0 spiro atoms. The molecular formula is C25H29NO10. The highest BCUT2D eigenvalue weighted by Crippen LogP contribution is 2.31. The third-order valence-corrected chi connectivity index (χ3v) is 4.82. The maximum Gasteiger partial charge on any atom is 0.513 e. The van der Waals surface area contributed by atoms with Gasteiger partial charge in [-0.3, -0.25) is 4.79 Å². The van der Waals surface area contributed by atoms with Gasteiger partial charge in [-0.25, -0.2) is 14.4 Å². The molecule has 0 aliphatic rings. The van der Waals surface area contributed by atoms with Gasteiger partial charge in [0.1, 0.15) is 5.54 Å². The molecule has 0 aliphatic heterocycles. The Morgan fingerprint density at radius 2 is 1.44 bits per heavy atom. The van der Waals surface area contributed by atoms with E-state index in [1.54, 1.807) is 44.2 Å². The van der Waals surface area contributed by atoms with Crippen molar-refractivity contribution < 1.29 is 47.6 Å². The molecule has 194 valence electrons. The van der Waals surface area contributed by atoms with Crippen molar-refractivity contribution in [2.45, 2.75) is 32.2 Å². The number of rotatable bonds is 11. The summed E-state index contributed by atoms with van der Waals surface area (Å²) in [4.78, 5) is 48.4. The maximum atomic E-state index is 12.5. The number of esters is 2. The Labute approximate surface area is 208 Å². The van der Waals surface area contributed by atoms with Crippen LogP contribution in [0.3, 0.4) is 0 Å². The number of hydrogen-bond acceptors (Lipinski definition) is 11. The zero-order valence-corrected chi connectivity index (χ0v) is 20.3. The van der Waals surface area contributed by atoms with Crippen LogP contribution in [0.15, 0.2) is 48.5 Å². The van der Waals surface area contributed by atoms with E-state index < -0.39 is 29.8 Å². The van der Waals surface area contributed by atoms with Crippen molar-refractivity contribution in [2.75, 3.05) is 26.9 Å². The van der Waals surface area contributed by atoms with Crippen molar-refractivity contribution in [3.8, 4) is 11.5 Å². The summed E-state index contributed by atoms with van der Waals surface area (Å²) in [6.07, 6.45) is -2.17. The lowest BCUT2D eigenvalue weighted by Gasteiger charge is -2.26. The van der Waals surface area contributed by atoms with Gasteiger partial charge in [0.15, 0.2) is 11.5 Å². The molecule has 1 atom stereocenters. The highest BCUT2D eigenvalue weighted by molar-refractivity contribution is 5.89. The van der Waals surface area contributed by atoms with Crippen LogP contribution in [0.2, 0.25) is 0 Å². The highest BCUT2D eigenvalue weighted by Gasteiger charge is 2.36. The normalized spacial score (nSPS) is 12.0. The molecule has 2 aromatic carbocycles. The largest absolute Gasteiger partial charge is 0.513 e. The molecule has 2 rings (SSSR count). The smallest absolute Gasteiger partial charge is 0.468 e. The Kier molecular flexibility index (Phi) is 10.7. The van der Waals surface area contributed by atoms with Crippen LogP contribution in [-0.2, 0) is 30.2 Å². The first-order valence-corrected chi connectivity index (χ1v) is 11.1. The number of carbonyl (C=O) groups is 4. The fourth-order valence-corrected chi connectivity index (χ4v) is 3.11. The van der Waals surface area contributed by atoms with Gasteiger partial charge in [-0.15, -0.1) is 0 Å². The Morgan fingerprint density at radius 3 is 2.03 bits per heavy atom. The molecule has 2 aromatic rings. The summed E-state index contributed by atoms with van der Waals surface area (Å²) in [5, 5.41) is 0. The van der Waals surface area contributed by atoms with Crippen molar-refractivity contribution >= 4 is 24.2 Å². The quantitative estimate of drug-likeness (QED) is 0.273. The van der Waals surface area contributed by atoms with Gasteiger partial charge in [0, 0.05) is 12.8 Å². The molecule has 36 heavy (non-hydrogen) atoms. The SMILES string of the molecule is CCOC(=O)Oc1ccc(C[C@](N)(CCOC(=O)c2ccccc2)C(=O)OC)cc1OC(=O)OCC. The zero-order chi connectivity index (χ0) is 26.6. The van der Waals surface area contributed by atoms with Gasteiger partial charge in [-0.2, -0.15) is 0 Å². The van der Waals surface area contributed by atoms with Gasteiger partial charge in [0.25, 0.3) is 0 Å². The van der Waals surface area contributed by atoms with Gasteiger partial charge in [-0.1, -0.05) is 24.3 Å². The third-order valence-electron chi connectivity index (χ3n) is 4.82. The Morgan fingerprint density at radius 1 is 0.833 bits per heavy atom. The lowest BCUT2D eigenvalue weighted by molar-refractivity contribution is -0.147. The predicted molar refractivity (Wildman–Crippen MR) is 126 cm³/mol. The number of benzene rings is 2. The summed E-state index contributed by atoms with van der Waals surface area (Å²) in [5.41, 5.74) is 5.57. The fraction of sp³-hybridized carbons (Fsp3) is 0.360. The second-order valence-electron chi connectivity index (χ2n) is 7.43. The van der Waals surface area contributed by atoms with E-state index in [0.717, 1.165) is 0 Å². The van der Waals surface area contributed by atoms with Crippen molar-refractivity contribution in [1.82, 2.24) is 0 Å². The summed E-state index contributed by atoms with van der Waals surface area (Å²) in [6.45, 7) is 3.18. The van der Waals surface area contributed by atoms with Gasteiger partial charge >= 0.3 is 24.2 Å². The summed E-state index contributed by atoms with van der Waals surface area (Å²) in [6, 6.07) is 12.6. The second kappa shape index (κ2) is 13.7. The van der Waals surface area contributed by atoms with E-state index in [4.69, 9.17) is 34.2 Å². The van der Waals surface area contributed by atoms with E-state index in [0.29, 0.717) is 11.1 Å². The second-order valence-corrected chi connectivity index (χ2v) is 7.43. The number of hydrogen-bond donors (Lipinski definition) is 1. The first-order chi connectivity index (χ1) is 17.2. The van der Waals surface area contributed by atoms with Crippen LogP contribution in [0.4, 0.5) is 9.59 Å². The first-order valence-electron chi connectivity index (χ1n) is 11.1. The number of carbonyl (C=O) groups excluding carboxylic acids is 4. The van der Waals surface area contributed by atoms with E-state index >= 15 is 0 Å². The molecule has 0 unspecified atom stereocenters. The predicted octanol–water partition coefficient (Wildman–Crippen LogP) is 3.42. The van der Waals surface area contributed by atoms with Crippen LogP contribution < -0.4 is 15.2 Å². The van der Waals surface area contributed by atoms with Crippen LogP contribution in [-0.4, -0.2) is 56.7 Å². The average Bonchev–Trinajstić information content (AvgIpc) is 2.85. The van der Waals surface area contributed by atoms with Crippen molar-refractivity contribution in [3.63, 3.8) is 0 Å². The van der Waals surface area contributed by atoms with Crippen LogP contribution in [0.25, 0.3) is 0 Å². The Hall–Kier alpha value is -4.12. The van der Waals surface area contributed by atoms with Crippen LogP contribution in [0.1, 0.15) is 36.2 Å². The molecule has 0 fully saturated rings. The molecule has 0 heterocycles. The monoisotopic (exact) mass is 503 g/mol. The van der Waals surface area contributed by atoms with E-state index in [2.05, 4.69) is 0 Å². The minimum Gasteiger partial charge on any atom is -0.468 e. The highest BCUT2D eigenvalue weighted by atomic mass is 16.7. The van der Waals surface area contributed by atoms with Crippen molar-refractivity contribution in [3.05, 3.63) is 59.7 Å². The fourth-order valence-electron chi connectivity index (χ4n) is 3.11. The molecule has 0 aromatic heterocycles. The first kappa shape index (κ1) is 28.1. The molecule has 2 N–H and O–H groups in total.